The van der Waals surface area contributed by atoms with Crippen molar-refractivity contribution in [2.24, 2.45) is 0 Å². The third kappa shape index (κ3) is 3.71. The molecule has 0 unspecified atom stereocenters. The Bertz CT molecular complexity index is 297. The van der Waals surface area contributed by atoms with E-state index in [-0.39, 0.29) is 5.56 Å². The lowest BCUT2D eigenvalue weighted by Gasteiger charge is -2.03. The molecule has 1 aromatic heterocycles. The molecule has 5 nitrogen and oxygen atoms in total. The normalized spacial score (nSPS) is 9.92. The van der Waals surface area contributed by atoms with Gasteiger partial charge in [0.15, 0.2) is 0 Å². The van der Waals surface area contributed by atoms with Crippen LogP contribution >= 0.6 is 0 Å². The number of rotatable bonds is 5. The third-order valence-corrected chi connectivity index (χ3v) is 1.40. The van der Waals surface area contributed by atoms with Crippen LogP contribution in [0.5, 0.6) is 5.75 Å². The topological polar surface area (TPSA) is 64.2 Å². The molecule has 13 heavy (non-hydrogen) atoms. The van der Waals surface area contributed by atoms with E-state index in [9.17, 15) is 4.79 Å². The number of aromatic nitrogens is 2. The fourth-order valence-electron chi connectivity index (χ4n) is 0.830. The van der Waals surface area contributed by atoms with Crippen molar-refractivity contribution in [2.75, 3.05) is 20.3 Å². The molecule has 1 N–H and O–H groups in total. The molecule has 0 saturated carbocycles. The lowest BCUT2D eigenvalue weighted by molar-refractivity contribution is 0.172. The van der Waals surface area contributed by atoms with Gasteiger partial charge in [-0.3, -0.25) is 4.79 Å². The van der Waals surface area contributed by atoms with Crippen molar-refractivity contribution in [3.05, 3.63) is 22.6 Å². The van der Waals surface area contributed by atoms with E-state index in [4.69, 9.17) is 9.47 Å². The van der Waals surface area contributed by atoms with Crippen LogP contribution in [0.1, 0.15) is 6.42 Å². The maximum Gasteiger partial charge on any atom is 0.267 e. The van der Waals surface area contributed by atoms with E-state index in [1.807, 2.05) is 0 Å². The first-order chi connectivity index (χ1) is 6.33. The van der Waals surface area contributed by atoms with E-state index in [0.29, 0.717) is 19.0 Å². The van der Waals surface area contributed by atoms with Gasteiger partial charge in [-0.1, -0.05) is 0 Å². The molecular weight excluding hydrogens is 172 g/mol. The molecule has 1 rings (SSSR count). The molecule has 0 fully saturated rings. The van der Waals surface area contributed by atoms with Crippen molar-refractivity contribution in [1.82, 2.24) is 10.2 Å². The summed E-state index contributed by atoms with van der Waals surface area (Å²) < 4.78 is 10.1. The minimum atomic E-state index is -0.260. The van der Waals surface area contributed by atoms with Gasteiger partial charge in [-0.2, -0.15) is 5.10 Å². The van der Waals surface area contributed by atoms with Crippen LogP contribution < -0.4 is 10.3 Å². The van der Waals surface area contributed by atoms with Crippen molar-refractivity contribution in [3.63, 3.8) is 0 Å². The van der Waals surface area contributed by atoms with Crippen molar-refractivity contribution in [2.45, 2.75) is 6.42 Å². The van der Waals surface area contributed by atoms with E-state index in [1.165, 1.54) is 12.3 Å². The maximum atomic E-state index is 10.8. The third-order valence-electron chi connectivity index (χ3n) is 1.40. The zero-order valence-electron chi connectivity index (χ0n) is 7.45. The quantitative estimate of drug-likeness (QED) is 0.663. The van der Waals surface area contributed by atoms with E-state index < -0.39 is 0 Å². The van der Waals surface area contributed by atoms with Crippen LogP contribution in [0.2, 0.25) is 0 Å². The van der Waals surface area contributed by atoms with Crippen LogP contribution in [0.15, 0.2) is 17.1 Å². The predicted molar refractivity (Wildman–Crippen MR) is 46.8 cm³/mol. The van der Waals surface area contributed by atoms with Crippen molar-refractivity contribution < 1.29 is 9.47 Å². The van der Waals surface area contributed by atoms with E-state index in [1.54, 1.807) is 7.11 Å². The first kappa shape index (κ1) is 9.73. The Kier molecular flexibility index (Phi) is 3.98. The second kappa shape index (κ2) is 5.31. The summed E-state index contributed by atoms with van der Waals surface area (Å²) in [7, 11) is 1.63. The molecule has 0 bridgehead atoms. The molecule has 0 aliphatic heterocycles. The van der Waals surface area contributed by atoms with Crippen LogP contribution in [0.3, 0.4) is 0 Å². The monoisotopic (exact) mass is 184 g/mol. The first-order valence-corrected chi connectivity index (χ1v) is 3.99. The maximum absolute atomic E-state index is 10.8. The molecule has 5 heteroatoms. The van der Waals surface area contributed by atoms with Gasteiger partial charge in [-0.25, -0.2) is 5.10 Å². The second-order valence-corrected chi connectivity index (χ2v) is 2.48. The Morgan fingerprint density at radius 1 is 1.54 bits per heavy atom. The van der Waals surface area contributed by atoms with E-state index >= 15 is 0 Å². The number of methoxy groups -OCH3 is 1. The Hall–Kier alpha value is -1.36. The summed E-state index contributed by atoms with van der Waals surface area (Å²) in [4.78, 5) is 10.8. The zero-order valence-corrected chi connectivity index (χ0v) is 7.45. The second-order valence-electron chi connectivity index (χ2n) is 2.48. The Balaban J connectivity index is 2.33. The van der Waals surface area contributed by atoms with Crippen LogP contribution in [0, 0.1) is 0 Å². The number of H-pyrrole nitrogens is 1. The average Bonchev–Trinajstić information content (AvgIpc) is 2.13. The molecule has 0 aromatic carbocycles. The Morgan fingerprint density at radius 3 is 3.08 bits per heavy atom. The highest BCUT2D eigenvalue weighted by Gasteiger charge is 1.94. The molecule has 1 heterocycles. The number of nitrogens with one attached hydrogen (secondary N) is 1. The molecule has 1 aromatic rings. The van der Waals surface area contributed by atoms with Gasteiger partial charge >= 0.3 is 0 Å². The summed E-state index contributed by atoms with van der Waals surface area (Å²) in [6.45, 7) is 1.18. The van der Waals surface area contributed by atoms with Gasteiger partial charge in [0.05, 0.1) is 12.8 Å². The molecule has 0 atom stereocenters. The Morgan fingerprint density at radius 2 is 2.38 bits per heavy atom. The van der Waals surface area contributed by atoms with Gasteiger partial charge in [0.25, 0.3) is 5.56 Å². The smallest absolute Gasteiger partial charge is 0.267 e. The summed E-state index contributed by atoms with van der Waals surface area (Å²) in [5.41, 5.74) is -0.260. The molecule has 0 aliphatic carbocycles. The molecule has 0 radical (unpaired) electrons. The molecular formula is C8H12N2O3. The number of nitrogens with zero attached hydrogens (tertiary/aromatic N) is 1. The first-order valence-electron chi connectivity index (χ1n) is 3.99. The van der Waals surface area contributed by atoms with Crippen molar-refractivity contribution >= 4 is 0 Å². The number of ether oxygens (including phenoxy) is 2. The number of aromatic amines is 1. The zero-order chi connectivity index (χ0) is 9.52. The standard InChI is InChI=1S/C8H12N2O3/c1-12-3-2-4-13-7-5-8(11)10-9-6-7/h5-6H,2-4H2,1H3,(H,10,11). The van der Waals surface area contributed by atoms with Gasteiger partial charge < -0.3 is 9.47 Å². The Labute approximate surface area is 75.7 Å². The van der Waals surface area contributed by atoms with Gasteiger partial charge in [-0.15, -0.1) is 0 Å². The molecule has 0 amide bonds. The SMILES string of the molecule is COCCCOc1cn[nH]c(=O)c1. The molecule has 0 aliphatic rings. The van der Waals surface area contributed by atoms with Crippen LogP contribution in [-0.2, 0) is 4.74 Å². The van der Waals surface area contributed by atoms with Gasteiger partial charge in [0, 0.05) is 26.2 Å². The van der Waals surface area contributed by atoms with Crippen molar-refractivity contribution in [1.29, 1.82) is 0 Å². The fourth-order valence-corrected chi connectivity index (χ4v) is 0.830. The summed E-state index contributed by atoms with van der Waals surface area (Å²) in [6, 6.07) is 1.36. The van der Waals surface area contributed by atoms with Crippen LogP contribution in [-0.4, -0.2) is 30.5 Å². The van der Waals surface area contributed by atoms with Crippen LogP contribution in [0.4, 0.5) is 0 Å². The summed E-state index contributed by atoms with van der Waals surface area (Å²) in [5.74, 6) is 0.486. The highest BCUT2D eigenvalue weighted by Crippen LogP contribution is 2.02. The highest BCUT2D eigenvalue weighted by atomic mass is 16.5. The summed E-state index contributed by atoms with van der Waals surface area (Å²) in [6.07, 6.45) is 2.26. The minimum absolute atomic E-state index is 0.260. The van der Waals surface area contributed by atoms with Gasteiger partial charge in [0.1, 0.15) is 5.75 Å². The lowest BCUT2D eigenvalue weighted by Crippen LogP contribution is -2.08. The van der Waals surface area contributed by atoms with E-state index in [2.05, 4.69) is 10.2 Å². The predicted octanol–water partition coefficient (Wildman–Crippen LogP) is 0.185. The average molecular weight is 184 g/mol. The highest BCUT2D eigenvalue weighted by molar-refractivity contribution is 5.12. The fraction of sp³-hybridized carbons (Fsp3) is 0.500. The van der Waals surface area contributed by atoms with Crippen LogP contribution in [0.25, 0.3) is 0 Å². The van der Waals surface area contributed by atoms with E-state index in [0.717, 1.165) is 6.42 Å². The molecule has 72 valence electrons. The van der Waals surface area contributed by atoms with Crippen molar-refractivity contribution in [3.8, 4) is 5.75 Å². The number of hydrogen-bond donors (Lipinski definition) is 1. The lowest BCUT2D eigenvalue weighted by atomic mass is 10.5. The summed E-state index contributed by atoms with van der Waals surface area (Å²) >= 11 is 0. The van der Waals surface area contributed by atoms with Gasteiger partial charge in [0.2, 0.25) is 0 Å². The molecule has 0 saturated heterocycles. The minimum Gasteiger partial charge on any atom is -0.492 e. The largest absolute Gasteiger partial charge is 0.492 e. The summed E-state index contributed by atoms with van der Waals surface area (Å²) in [5, 5.41) is 5.85. The number of hydrogen-bond acceptors (Lipinski definition) is 4. The molecule has 0 spiro atoms. The van der Waals surface area contributed by atoms with Gasteiger partial charge in [-0.05, 0) is 0 Å².